The lowest BCUT2D eigenvalue weighted by Crippen LogP contribution is -2.49. The number of fused-ring (bicyclic) bond motifs is 1. The SMILES string of the molecule is COc1ccc2c(c1)cc(C(=O)N1CC(c3ccccn3)C1)n2C. The van der Waals surface area contributed by atoms with Crippen LogP contribution in [0.15, 0.2) is 48.7 Å². The average Bonchev–Trinajstić information content (AvgIpc) is 2.90. The minimum absolute atomic E-state index is 0.0693. The lowest BCUT2D eigenvalue weighted by molar-refractivity contribution is 0.0589. The molecule has 24 heavy (non-hydrogen) atoms. The lowest BCUT2D eigenvalue weighted by Gasteiger charge is -2.38. The molecule has 1 saturated heterocycles. The molecule has 0 saturated carbocycles. The Labute approximate surface area is 140 Å². The van der Waals surface area contributed by atoms with Crippen molar-refractivity contribution in [3.8, 4) is 5.75 Å². The summed E-state index contributed by atoms with van der Waals surface area (Å²) in [4.78, 5) is 19.1. The number of benzene rings is 1. The predicted molar refractivity (Wildman–Crippen MR) is 92.4 cm³/mol. The number of carbonyl (C=O) groups is 1. The number of methoxy groups -OCH3 is 1. The molecule has 5 heteroatoms. The van der Waals surface area contributed by atoms with E-state index in [0.717, 1.165) is 35.4 Å². The molecule has 1 aliphatic rings. The van der Waals surface area contributed by atoms with Gasteiger partial charge in [-0.1, -0.05) is 6.07 Å². The molecule has 0 unspecified atom stereocenters. The molecule has 0 spiro atoms. The van der Waals surface area contributed by atoms with E-state index in [9.17, 15) is 4.79 Å². The van der Waals surface area contributed by atoms with Crippen LogP contribution in [0.2, 0.25) is 0 Å². The highest BCUT2D eigenvalue weighted by molar-refractivity contribution is 5.99. The Bertz CT molecular complexity index is 896. The van der Waals surface area contributed by atoms with E-state index < -0.39 is 0 Å². The van der Waals surface area contributed by atoms with Gasteiger partial charge < -0.3 is 14.2 Å². The van der Waals surface area contributed by atoms with Gasteiger partial charge in [-0.15, -0.1) is 0 Å². The fraction of sp³-hybridized carbons (Fsp3) is 0.263. The number of hydrogen-bond donors (Lipinski definition) is 0. The van der Waals surface area contributed by atoms with Gasteiger partial charge in [0.15, 0.2) is 0 Å². The third-order valence-corrected chi connectivity index (χ3v) is 4.74. The summed E-state index contributed by atoms with van der Waals surface area (Å²) in [5, 5.41) is 1.02. The molecular weight excluding hydrogens is 302 g/mol. The van der Waals surface area contributed by atoms with E-state index >= 15 is 0 Å². The molecule has 5 nitrogen and oxygen atoms in total. The Morgan fingerprint density at radius 2 is 2.04 bits per heavy atom. The maximum Gasteiger partial charge on any atom is 0.270 e. The zero-order chi connectivity index (χ0) is 16.7. The molecule has 4 rings (SSSR count). The van der Waals surface area contributed by atoms with Crippen LogP contribution in [0, 0.1) is 0 Å². The summed E-state index contributed by atoms with van der Waals surface area (Å²) in [6, 6.07) is 13.7. The van der Waals surface area contributed by atoms with E-state index in [1.807, 2.05) is 59.0 Å². The van der Waals surface area contributed by atoms with Crippen LogP contribution in [0.3, 0.4) is 0 Å². The highest BCUT2D eigenvalue weighted by atomic mass is 16.5. The number of ether oxygens (including phenoxy) is 1. The van der Waals surface area contributed by atoms with Crippen LogP contribution in [0.1, 0.15) is 22.1 Å². The van der Waals surface area contributed by atoms with Crippen molar-refractivity contribution in [1.82, 2.24) is 14.5 Å². The van der Waals surface area contributed by atoms with Gasteiger partial charge in [-0.3, -0.25) is 9.78 Å². The van der Waals surface area contributed by atoms with Crippen LogP contribution in [0.5, 0.6) is 5.75 Å². The van der Waals surface area contributed by atoms with E-state index in [1.165, 1.54) is 0 Å². The quantitative estimate of drug-likeness (QED) is 0.745. The minimum atomic E-state index is 0.0693. The Balaban J connectivity index is 1.55. The number of pyridine rings is 1. The molecular formula is C19H19N3O2. The molecule has 0 N–H and O–H groups in total. The molecule has 1 aromatic carbocycles. The molecule has 0 bridgehead atoms. The molecule has 0 atom stereocenters. The summed E-state index contributed by atoms with van der Waals surface area (Å²) in [5.74, 6) is 1.20. The number of hydrogen-bond acceptors (Lipinski definition) is 3. The maximum absolute atomic E-state index is 12.8. The van der Waals surface area contributed by atoms with Crippen molar-refractivity contribution in [2.45, 2.75) is 5.92 Å². The van der Waals surface area contributed by atoms with E-state index in [1.54, 1.807) is 13.3 Å². The summed E-state index contributed by atoms with van der Waals surface area (Å²) in [6.07, 6.45) is 1.80. The van der Waals surface area contributed by atoms with Crippen molar-refractivity contribution in [1.29, 1.82) is 0 Å². The van der Waals surface area contributed by atoms with Crippen molar-refractivity contribution in [2.75, 3.05) is 20.2 Å². The second-order valence-corrected chi connectivity index (χ2v) is 6.18. The summed E-state index contributed by atoms with van der Waals surface area (Å²) in [6.45, 7) is 1.45. The van der Waals surface area contributed by atoms with Gasteiger partial charge in [-0.2, -0.15) is 0 Å². The maximum atomic E-state index is 12.8. The molecule has 1 fully saturated rings. The van der Waals surface area contributed by atoms with Gasteiger partial charge in [0.05, 0.1) is 7.11 Å². The van der Waals surface area contributed by atoms with Gasteiger partial charge >= 0.3 is 0 Å². The average molecular weight is 321 g/mol. The van der Waals surface area contributed by atoms with Crippen LogP contribution in [0.4, 0.5) is 0 Å². The molecule has 3 heterocycles. The van der Waals surface area contributed by atoms with Crippen LogP contribution in [-0.4, -0.2) is 40.6 Å². The Morgan fingerprint density at radius 3 is 2.75 bits per heavy atom. The van der Waals surface area contributed by atoms with Crippen LogP contribution < -0.4 is 4.74 Å². The van der Waals surface area contributed by atoms with Gasteiger partial charge in [-0.25, -0.2) is 0 Å². The highest BCUT2D eigenvalue weighted by Gasteiger charge is 2.34. The van der Waals surface area contributed by atoms with Gasteiger partial charge in [-0.05, 0) is 36.4 Å². The van der Waals surface area contributed by atoms with E-state index in [2.05, 4.69) is 4.98 Å². The zero-order valence-electron chi connectivity index (χ0n) is 13.8. The van der Waals surface area contributed by atoms with Crippen LogP contribution in [0.25, 0.3) is 10.9 Å². The second kappa shape index (κ2) is 5.67. The fourth-order valence-corrected chi connectivity index (χ4v) is 3.27. The highest BCUT2D eigenvalue weighted by Crippen LogP contribution is 2.29. The fourth-order valence-electron chi connectivity index (χ4n) is 3.27. The molecule has 1 aliphatic heterocycles. The Hall–Kier alpha value is -2.82. The van der Waals surface area contributed by atoms with E-state index in [-0.39, 0.29) is 5.91 Å². The van der Waals surface area contributed by atoms with Gasteiger partial charge in [0.1, 0.15) is 11.4 Å². The van der Waals surface area contributed by atoms with Gasteiger partial charge in [0, 0.05) is 48.8 Å². The molecule has 2 aromatic heterocycles. The van der Waals surface area contributed by atoms with Gasteiger partial charge in [0.25, 0.3) is 5.91 Å². The molecule has 0 radical (unpaired) electrons. The molecule has 3 aromatic rings. The van der Waals surface area contributed by atoms with Crippen molar-refractivity contribution in [3.05, 3.63) is 60.0 Å². The number of carbonyl (C=O) groups excluding carboxylic acids is 1. The topological polar surface area (TPSA) is 47.4 Å². The van der Waals surface area contributed by atoms with Gasteiger partial charge in [0.2, 0.25) is 0 Å². The number of amides is 1. The summed E-state index contributed by atoms with van der Waals surface area (Å²) in [7, 11) is 3.58. The third-order valence-electron chi connectivity index (χ3n) is 4.74. The van der Waals surface area contributed by atoms with E-state index in [4.69, 9.17) is 4.74 Å². The Kier molecular flexibility index (Phi) is 3.49. The first-order chi connectivity index (χ1) is 11.7. The number of nitrogens with zero attached hydrogens (tertiary/aromatic N) is 3. The van der Waals surface area contributed by atoms with Crippen molar-refractivity contribution < 1.29 is 9.53 Å². The monoisotopic (exact) mass is 321 g/mol. The predicted octanol–water partition coefficient (Wildman–Crippen LogP) is 2.82. The zero-order valence-corrected chi connectivity index (χ0v) is 13.8. The summed E-state index contributed by atoms with van der Waals surface area (Å²) in [5.41, 5.74) is 2.79. The minimum Gasteiger partial charge on any atom is -0.497 e. The number of likely N-dealkylation sites (tertiary alicyclic amines) is 1. The number of aryl methyl sites for hydroxylation is 1. The number of rotatable bonds is 3. The largest absolute Gasteiger partial charge is 0.497 e. The standard InChI is InChI=1S/C19H19N3O2/c1-21-17-7-6-15(24-2)9-13(17)10-18(21)19(23)22-11-14(12-22)16-5-3-4-8-20-16/h3-10,14H,11-12H2,1-2H3. The first kappa shape index (κ1) is 14.8. The molecule has 0 aliphatic carbocycles. The molecule has 1 amide bonds. The van der Waals surface area contributed by atoms with Crippen molar-refractivity contribution in [2.24, 2.45) is 7.05 Å². The summed E-state index contributed by atoms with van der Waals surface area (Å²) >= 11 is 0. The van der Waals surface area contributed by atoms with Crippen LogP contribution in [-0.2, 0) is 7.05 Å². The third kappa shape index (κ3) is 2.33. The lowest BCUT2D eigenvalue weighted by atomic mass is 9.95. The van der Waals surface area contributed by atoms with Crippen LogP contribution >= 0.6 is 0 Å². The van der Waals surface area contributed by atoms with E-state index in [0.29, 0.717) is 11.6 Å². The van der Waals surface area contributed by atoms with Crippen molar-refractivity contribution in [3.63, 3.8) is 0 Å². The summed E-state index contributed by atoms with van der Waals surface area (Å²) < 4.78 is 7.21. The molecule has 122 valence electrons. The smallest absolute Gasteiger partial charge is 0.270 e. The Morgan fingerprint density at radius 1 is 1.21 bits per heavy atom. The van der Waals surface area contributed by atoms with Crippen molar-refractivity contribution >= 4 is 16.8 Å². The normalized spacial score (nSPS) is 14.7. The first-order valence-corrected chi connectivity index (χ1v) is 8.01. The number of aromatic nitrogens is 2. The second-order valence-electron chi connectivity index (χ2n) is 6.18. The first-order valence-electron chi connectivity index (χ1n) is 8.01.